The van der Waals surface area contributed by atoms with Crippen molar-refractivity contribution in [1.29, 1.82) is 0 Å². The van der Waals surface area contributed by atoms with Crippen molar-refractivity contribution in [3.8, 4) is 11.4 Å². The minimum absolute atomic E-state index is 0.0443. The van der Waals surface area contributed by atoms with Crippen molar-refractivity contribution in [2.75, 3.05) is 0 Å². The quantitative estimate of drug-likeness (QED) is 0.653. The van der Waals surface area contributed by atoms with Crippen LogP contribution in [0.2, 0.25) is 0 Å². The number of hydrogen-bond acceptors (Lipinski definition) is 6. The highest BCUT2D eigenvalue weighted by molar-refractivity contribution is 5.58. The van der Waals surface area contributed by atoms with Gasteiger partial charge in [-0.05, 0) is 19.9 Å². The molecule has 0 aliphatic carbocycles. The van der Waals surface area contributed by atoms with Crippen LogP contribution in [0, 0.1) is 17.0 Å². The number of nitrogens with zero attached hydrogens (tertiary/aromatic N) is 5. The number of aliphatic hydroxyl groups is 1. The Labute approximate surface area is 108 Å². The first kappa shape index (κ1) is 13.1. The Morgan fingerprint density at radius 3 is 2.74 bits per heavy atom. The number of pyridine rings is 1. The van der Waals surface area contributed by atoms with E-state index in [-0.39, 0.29) is 12.3 Å². The molecular formula is C11H13N5O3. The third-order valence-electron chi connectivity index (χ3n) is 2.78. The van der Waals surface area contributed by atoms with E-state index in [1.807, 2.05) is 6.92 Å². The van der Waals surface area contributed by atoms with Crippen LogP contribution in [0.25, 0.3) is 11.4 Å². The van der Waals surface area contributed by atoms with Gasteiger partial charge in [-0.25, -0.2) is 9.67 Å². The van der Waals surface area contributed by atoms with Crippen molar-refractivity contribution >= 4 is 5.69 Å². The van der Waals surface area contributed by atoms with Gasteiger partial charge in [0.25, 0.3) is 5.69 Å². The largest absolute Gasteiger partial charge is 0.390 e. The van der Waals surface area contributed by atoms with Crippen molar-refractivity contribution in [1.82, 2.24) is 20.0 Å². The fraction of sp³-hybridized carbons (Fsp3) is 0.364. The minimum Gasteiger partial charge on any atom is -0.390 e. The summed E-state index contributed by atoms with van der Waals surface area (Å²) in [7, 11) is 0. The highest BCUT2D eigenvalue weighted by Crippen LogP contribution is 2.23. The molecule has 2 heterocycles. The van der Waals surface area contributed by atoms with E-state index in [2.05, 4.69) is 15.3 Å². The standard InChI is InChI=1S/C11H13N5O3/c1-3-15-10(6-17)11(13-14-15)8-4-5-9(16(18)19)7(2)12-8/h4-5,17H,3,6H2,1-2H3. The highest BCUT2D eigenvalue weighted by Gasteiger charge is 2.18. The van der Waals surface area contributed by atoms with Gasteiger partial charge < -0.3 is 5.11 Å². The maximum atomic E-state index is 10.7. The van der Waals surface area contributed by atoms with Crippen LogP contribution in [0.1, 0.15) is 18.3 Å². The number of rotatable bonds is 4. The van der Waals surface area contributed by atoms with Crippen molar-refractivity contribution in [3.05, 3.63) is 33.6 Å². The van der Waals surface area contributed by atoms with E-state index in [0.29, 0.717) is 29.3 Å². The molecule has 0 saturated carbocycles. The topological polar surface area (TPSA) is 107 Å². The molecule has 8 heteroatoms. The summed E-state index contributed by atoms with van der Waals surface area (Å²) in [6.45, 7) is 3.80. The van der Waals surface area contributed by atoms with Gasteiger partial charge in [0.15, 0.2) is 0 Å². The molecule has 0 amide bonds. The maximum absolute atomic E-state index is 10.7. The Kier molecular flexibility index (Phi) is 3.52. The summed E-state index contributed by atoms with van der Waals surface area (Å²) < 4.78 is 1.56. The monoisotopic (exact) mass is 263 g/mol. The zero-order chi connectivity index (χ0) is 14.0. The molecular weight excluding hydrogens is 250 g/mol. The molecule has 0 unspecified atom stereocenters. The van der Waals surface area contributed by atoms with E-state index in [0.717, 1.165) is 0 Å². The number of aromatic nitrogens is 4. The Hall–Kier alpha value is -2.35. The molecule has 0 radical (unpaired) electrons. The lowest BCUT2D eigenvalue weighted by Crippen LogP contribution is -2.03. The van der Waals surface area contributed by atoms with Gasteiger partial charge in [0.1, 0.15) is 11.4 Å². The van der Waals surface area contributed by atoms with Crippen molar-refractivity contribution in [2.24, 2.45) is 0 Å². The molecule has 0 fully saturated rings. The Bertz CT molecular complexity index is 623. The number of aryl methyl sites for hydroxylation is 2. The first-order valence-electron chi connectivity index (χ1n) is 5.74. The second kappa shape index (κ2) is 5.11. The van der Waals surface area contributed by atoms with E-state index < -0.39 is 4.92 Å². The Balaban J connectivity index is 2.51. The fourth-order valence-corrected chi connectivity index (χ4v) is 1.82. The van der Waals surface area contributed by atoms with Gasteiger partial charge in [-0.2, -0.15) is 0 Å². The van der Waals surface area contributed by atoms with E-state index in [1.54, 1.807) is 11.6 Å². The summed E-state index contributed by atoms with van der Waals surface area (Å²) in [5, 5.41) is 28.0. The normalized spacial score (nSPS) is 10.7. The zero-order valence-electron chi connectivity index (χ0n) is 10.6. The number of aliphatic hydroxyl groups excluding tert-OH is 1. The molecule has 0 spiro atoms. The van der Waals surface area contributed by atoms with Crippen molar-refractivity contribution < 1.29 is 10.0 Å². The van der Waals surface area contributed by atoms with Gasteiger partial charge in [0.05, 0.1) is 22.9 Å². The predicted octanol–water partition coefficient (Wildman–Crippen LogP) is 1.07. The van der Waals surface area contributed by atoms with E-state index in [9.17, 15) is 15.2 Å². The molecule has 8 nitrogen and oxygen atoms in total. The molecule has 0 saturated heterocycles. The van der Waals surface area contributed by atoms with Gasteiger partial charge in [0.2, 0.25) is 0 Å². The summed E-state index contributed by atoms with van der Waals surface area (Å²) >= 11 is 0. The molecule has 2 aromatic heterocycles. The molecule has 2 aromatic rings. The molecule has 0 aromatic carbocycles. The van der Waals surface area contributed by atoms with Gasteiger partial charge in [0, 0.05) is 12.6 Å². The third-order valence-corrected chi connectivity index (χ3v) is 2.78. The third kappa shape index (κ3) is 2.29. The van der Waals surface area contributed by atoms with Crippen LogP contribution in [-0.2, 0) is 13.2 Å². The predicted molar refractivity (Wildman–Crippen MR) is 66.2 cm³/mol. The lowest BCUT2D eigenvalue weighted by molar-refractivity contribution is -0.385. The molecule has 0 aliphatic heterocycles. The molecule has 100 valence electrons. The molecule has 19 heavy (non-hydrogen) atoms. The molecule has 2 rings (SSSR count). The van der Waals surface area contributed by atoms with E-state index in [4.69, 9.17) is 0 Å². The van der Waals surface area contributed by atoms with Crippen LogP contribution in [-0.4, -0.2) is 30.0 Å². The lowest BCUT2D eigenvalue weighted by atomic mass is 10.2. The van der Waals surface area contributed by atoms with Crippen LogP contribution in [0.3, 0.4) is 0 Å². The molecule has 0 bridgehead atoms. The van der Waals surface area contributed by atoms with Crippen molar-refractivity contribution in [2.45, 2.75) is 27.0 Å². The van der Waals surface area contributed by atoms with Gasteiger partial charge in [-0.15, -0.1) is 5.10 Å². The SMILES string of the molecule is CCn1nnc(-c2ccc([N+](=O)[O-])c(C)n2)c1CO. The van der Waals surface area contributed by atoms with Crippen LogP contribution >= 0.6 is 0 Å². The van der Waals surface area contributed by atoms with Crippen LogP contribution in [0.15, 0.2) is 12.1 Å². The first-order chi connectivity index (χ1) is 9.08. The van der Waals surface area contributed by atoms with Gasteiger partial charge >= 0.3 is 0 Å². The summed E-state index contributed by atoms with van der Waals surface area (Å²) in [5.41, 5.74) is 1.71. The number of hydrogen-bond donors (Lipinski definition) is 1. The summed E-state index contributed by atoms with van der Waals surface area (Å²) in [5.74, 6) is 0. The smallest absolute Gasteiger partial charge is 0.290 e. The molecule has 0 atom stereocenters. The Morgan fingerprint density at radius 1 is 1.47 bits per heavy atom. The summed E-state index contributed by atoms with van der Waals surface area (Å²) in [6, 6.07) is 2.89. The Morgan fingerprint density at radius 2 is 2.21 bits per heavy atom. The highest BCUT2D eigenvalue weighted by atomic mass is 16.6. The van der Waals surface area contributed by atoms with Crippen molar-refractivity contribution in [3.63, 3.8) is 0 Å². The van der Waals surface area contributed by atoms with Crippen LogP contribution in [0.5, 0.6) is 0 Å². The van der Waals surface area contributed by atoms with Crippen LogP contribution in [0.4, 0.5) is 5.69 Å². The minimum atomic E-state index is -0.484. The average Bonchev–Trinajstić information content (AvgIpc) is 2.80. The van der Waals surface area contributed by atoms with Gasteiger partial charge in [-0.3, -0.25) is 10.1 Å². The first-order valence-corrected chi connectivity index (χ1v) is 5.74. The summed E-state index contributed by atoms with van der Waals surface area (Å²) in [4.78, 5) is 14.4. The molecule has 0 aliphatic rings. The maximum Gasteiger partial charge on any atom is 0.290 e. The fourth-order valence-electron chi connectivity index (χ4n) is 1.82. The second-order valence-electron chi connectivity index (χ2n) is 3.92. The lowest BCUT2D eigenvalue weighted by Gasteiger charge is -2.03. The van der Waals surface area contributed by atoms with E-state index >= 15 is 0 Å². The zero-order valence-corrected chi connectivity index (χ0v) is 10.6. The van der Waals surface area contributed by atoms with E-state index in [1.165, 1.54) is 12.1 Å². The number of nitro groups is 1. The molecule has 1 N–H and O–H groups in total. The average molecular weight is 263 g/mol. The summed E-state index contributed by atoms with van der Waals surface area (Å²) in [6.07, 6.45) is 0. The van der Waals surface area contributed by atoms with Gasteiger partial charge in [-0.1, -0.05) is 5.21 Å². The van der Waals surface area contributed by atoms with Crippen LogP contribution < -0.4 is 0 Å². The second-order valence-corrected chi connectivity index (χ2v) is 3.92.